The van der Waals surface area contributed by atoms with Crippen molar-refractivity contribution in [2.24, 2.45) is 0 Å². The number of likely N-dealkylation sites (tertiary alicyclic amines) is 1. The summed E-state index contributed by atoms with van der Waals surface area (Å²) in [5.41, 5.74) is -0.641. The smallest absolute Gasteiger partial charge is 0.410 e. The molecule has 3 heterocycles. The summed E-state index contributed by atoms with van der Waals surface area (Å²) >= 11 is 11.8. The van der Waals surface area contributed by atoms with Crippen molar-refractivity contribution >= 4 is 46.0 Å². The van der Waals surface area contributed by atoms with Crippen LogP contribution in [0.25, 0.3) is 15.7 Å². The first kappa shape index (κ1) is 22.2. The first-order valence-electron chi connectivity index (χ1n) is 9.35. The van der Waals surface area contributed by atoms with Crippen LogP contribution in [0.2, 0.25) is 10.4 Å². The van der Waals surface area contributed by atoms with E-state index in [1.165, 1.54) is 6.20 Å². The van der Waals surface area contributed by atoms with Crippen molar-refractivity contribution in [3.63, 3.8) is 0 Å². The Hall–Kier alpha value is -2.44. The van der Waals surface area contributed by atoms with E-state index in [9.17, 15) is 9.18 Å². The van der Waals surface area contributed by atoms with Crippen molar-refractivity contribution in [1.82, 2.24) is 19.9 Å². The number of carbonyl (C=O) groups is 1. The summed E-state index contributed by atoms with van der Waals surface area (Å²) in [6, 6.07) is -0.160. The third-order valence-electron chi connectivity index (χ3n) is 4.57. The lowest BCUT2D eigenvalue weighted by Gasteiger charge is -2.30. The first-order chi connectivity index (χ1) is 14.1. The Morgan fingerprint density at radius 1 is 1.43 bits per heavy atom. The molecule has 0 aromatic carbocycles. The van der Waals surface area contributed by atoms with E-state index in [0.717, 1.165) is 0 Å². The Morgan fingerprint density at radius 3 is 2.83 bits per heavy atom. The third kappa shape index (κ3) is 4.82. The van der Waals surface area contributed by atoms with Gasteiger partial charge in [0.2, 0.25) is 11.8 Å². The van der Waals surface area contributed by atoms with Crippen molar-refractivity contribution in [2.75, 3.05) is 31.1 Å². The highest BCUT2D eigenvalue weighted by Gasteiger charge is 2.35. The van der Waals surface area contributed by atoms with Gasteiger partial charge in [-0.3, -0.25) is 0 Å². The Labute approximate surface area is 183 Å². The lowest BCUT2D eigenvalue weighted by atomic mass is 10.2. The van der Waals surface area contributed by atoms with E-state index in [1.54, 1.807) is 4.90 Å². The van der Waals surface area contributed by atoms with Crippen molar-refractivity contribution in [1.29, 1.82) is 0 Å². The van der Waals surface area contributed by atoms with E-state index in [1.807, 2.05) is 25.7 Å². The predicted molar refractivity (Wildman–Crippen MR) is 112 cm³/mol. The van der Waals surface area contributed by atoms with Gasteiger partial charge in [-0.15, -0.1) is 0 Å². The average molecular weight is 455 g/mol. The molecule has 0 saturated carbocycles. The van der Waals surface area contributed by atoms with Gasteiger partial charge in [-0.2, -0.15) is 4.98 Å². The molecule has 0 bridgehead atoms. The van der Waals surface area contributed by atoms with Crippen LogP contribution in [0.15, 0.2) is 6.20 Å². The topological polar surface area (TPSA) is 75.8 Å². The van der Waals surface area contributed by atoms with Gasteiger partial charge in [-0.1, -0.05) is 11.6 Å². The second-order valence-corrected chi connectivity index (χ2v) is 8.58. The lowest BCUT2D eigenvalue weighted by molar-refractivity contribution is 0.0292. The van der Waals surface area contributed by atoms with Crippen LogP contribution in [0.4, 0.5) is 15.0 Å². The molecule has 1 aliphatic rings. The summed E-state index contributed by atoms with van der Waals surface area (Å²) < 4.78 is 20.0. The monoisotopic (exact) mass is 454 g/mol. The highest BCUT2D eigenvalue weighted by atomic mass is 35.5. The Bertz CT molecular complexity index is 1010. The molecule has 3 rings (SSSR count). The summed E-state index contributed by atoms with van der Waals surface area (Å²) in [5, 5.41) is -0.122. The van der Waals surface area contributed by atoms with E-state index >= 15 is 0 Å². The number of carbonyl (C=O) groups excluding carboxylic acids is 1. The summed E-state index contributed by atoms with van der Waals surface area (Å²) in [6.45, 7) is 14.0. The van der Waals surface area contributed by atoms with E-state index in [-0.39, 0.29) is 28.5 Å². The van der Waals surface area contributed by atoms with Gasteiger partial charge in [0.15, 0.2) is 11.0 Å². The van der Waals surface area contributed by atoms with Crippen LogP contribution in [0.3, 0.4) is 0 Å². The number of pyridine rings is 1. The van der Waals surface area contributed by atoms with Crippen LogP contribution < -0.4 is 4.90 Å². The number of hydrogen-bond donors (Lipinski definition) is 0. The summed E-state index contributed by atoms with van der Waals surface area (Å²) in [4.78, 5) is 31.4. The molecule has 0 aliphatic carbocycles. The second kappa shape index (κ2) is 8.74. The summed E-state index contributed by atoms with van der Waals surface area (Å²) in [7, 11) is 0. The Morgan fingerprint density at radius 2 is 2.17 bits per heavy atom. The molecule has 1 saturated heterocycles. The molecular formula is C19H21Cl2FN6O2. The van der Waals surface area contributed by atoms with Crippen molar-refractivity contribution in [3.05, 3.63) is 33.9 Å². The molecule has 11 heteroatoms. The first-order valence-corrected chi connectivity index (χ1v) is 10.1. The fraction of sp³-hybridized carbons (Fsp3) is 0.526. The van der Waals surface area contributed by atoms with E-state index in [4.69, 9.17) is 34.5 Å². The lowest BCUT2D eigenvalue weighted by Crippen LogP contribution is -2.42. The van der Waals surface area contributed by atoms with Gasteiger partial charge in [0.05, 0.1) is 18.0 Å². The van der Waals surface area contributed by atoms with Gasteiger partial charge in [0.25, 0.3) is 0 Å². The minimum atomic E-state index is -0.786. The zero-order valence-electron chi connectivity index (χ0n) is 16.8. The molecule has 1 fully saturated rings. The number of nitrogens with zero attached hydrogens (tertiary/aromatic N) is 6. The quantitative estimate of drug-likeness (QED) is 0.391. The number of ether oxygens (including phenoxy) is 1. The highest BCUT2D eigenvalue weighted by molar-refractivity contribution is 6.30. The Balaban J connectivity index is 1.96. The average Bonchev–Trinajstić information content (AvgIpc) is 3.14. The number of fused-ring (bicyclic) bond motifs is 1. The predicted octanol–water partition coefficient (Wildman–Crippen LogP) is 4.21. The second-order valence-electron chi connectivity index (χ2n) is 7.89. The molecule has 2 aromatic heterocycles. The van der Waals surface area contributed by atoms with Crippen molar-refractivity contribution < 1.29 is 13.9 Å². The molecule has 30 heavy (non-hydrogen) atoms. The van der Waals surface area contributed by atoms with Gasteiger partial charge in [0, 0.05) is 19.3 Å². The maximum absolute atomic E-state index is 14.5. The van der Waals surface area contributed by atoms with Gasteiger partial charge >= 0.3 is 6.09 Å². The zero-order chi connectivity index (χ0) is 22.1. The number of halogens is 3. The fourth-order valence-electron chi connectivity index (χ4n) is 3.32. The molecule has 8 nitrogen and oxygen atoms in total. The third-order valence-corrected chi connectivity index (χ3v) is 5.01. The molecule has 0 unspecified atom stereocenters. The van der Waals surface area contributed by atoms with Gasteiger partial charge in [0.1, 0.15) is 16.9 Å². The van der Waals surface area contributed by atoms with E-state index < -0.39 is 17.5 Å². The molecule has 160 valence electrons. The normalized spacial score (nSPS) is 16.6. The SMILES string of the molecule is [C-]#[N+]CCN(c1nc(Cl)nc2c(F)c(Cl)ncc12)[C@@H]1CCN(C(=O)OC(C)(C)C)C1. The van der Waals surface area contributed by atoms with E-state index in [2.05, 4.69) is 19.8 Å². The minimum absolute atomic E-state index is 0.0418. The van der Waals surface area contributed by atoms with Crippen LogP contribution in [-0.4, -0.2) is 63.8 Å². The number of rotatable bonds is 4. The number of anilines is 1. The van der Waals surface area contributed by atoms with Crippen molar-refractivity contribution in [3.8, 4) is 0 Å². The molecule has 2 aromatic rings. The zero-order valence-corrected chi connectivity index (χ0v) is 18.3. The molecule has 0 spiro atoms. The Kier molecular flexibility index (Phi) is 6.48. The van der Waals surface area contributed by atoms with Crippen LogP contribution in [0.5, 0.6) is 0 Å². The fourth-order valence-corrected chi connectivity index (χ4v) is 3.62. The minimum Gasteiger partial charge on any atom is -0.444 e. The summed E-state index contributed by atoms with van der Waals surface area (Å²) in [5.74, 6) is -0.431. The van der Waals surface area contributed by atoms with Gasteiger partial charge < -0.3 is 19.4 Å². The summed E-state index contributed by atoms with van der Waals surface area (Å²) in [6.07, 6.45) is 1.61. The molecular weight excluding hydrogens is 434 g/mol. The maximum atomic E-state index is 14.5. The van der Waals surface area contributed by atoms with Gasteiger partial charge in [-0.25, -0.2) is 25.7 Å². The molecule has 1 amide bonds. The van der Waals surface area contributed by atoms with Crippen LogP contribution in [0, 0.1) is 12.4 Å². The number of hydrogen-bond acceptors (Lipinski definition) is 6. The van der Waals surface area contributed by atoms with E-state index in [0.29, 0.717) is 37.3 Å². The molecule has 0 N–H and O–H groups in total. The maximum Gasteiger partial charge on any atom is 0.410 e. The molecule has 0 radical (unpaired) electrons. The van der Waals surface area contributed by atoms with Crippen LogP contribution in [-0.2, 0) is 4.74 Å². The number of amides is 1. The van der Waals surface area contributed by atoms with Gasteiger partial charge in [-0.05, 0) is 38.8 Å². The van der Waals surface area contributed by atoms with Crippen LogP contribution in [0.1, 0.15) is 27.2 Å². The molecule has 1 atom stereocenters. The number of aromatic nitrogens is 3. The molecule has 1 aliphatic heterocycles. The standard InChI is InChI=1S/C19H21Cl2FN6O2/c1-19(2,3)30-18(29)27-7-5-11(10-27)28(8-6-23-4)16-12-9-24-15(20)13(22)14(12)25-17(21)26-16/h9,11H,5-8,10H2,1-3H3/t11-/m1/s1. The van der Waals surface area contributed by atoms with Crippen molar-refractivity contribution in [2.45, 2.75) is 38.8 Å². The van der Waals surface area contributed by atoms with Crippen LogP contribution >= 0.6 is 23.2 Å². The highest BCUT2D eigenvalue weighted by Crippen LogP contribution is 2.32. The largest absolute Gasteiger partial charge is 0.444 e.